The summed E-state index contributed by atoms with van der Waals surface area (Å²) in [5, 5.41) is 2.81. The summed E-state index contributed by atoms with van der Waals surface area (Å²) in [7, 11) is 1.59. The van der Waals surface area contributed by atoms with Gasteiger partial charge in [0.15, 0.2) is 0 Å². The number of ether oxygens (including phenoxy) is 1. The van der Waals surface area contributed by atoms with Crippen LogP contribution < -0.4 is 10.1 Å². The van der Waals surface area contributed by atoms with E-state index in [-0.39, 0.29) is 11.8 Å². The monoisotopic (exact) mass is 368 g/mol. The molecule has 2 aromatic rings. The van der Waals surface area contributed by atoms with Crippen LogP contribution in [-0.4, -0.2) is 66.4 Å². The highest BCUT2D eigenvalue weighted by molar-refractivity contribution is 6.05. The number of benzene rings is 1. The van der Waals surface area contributed by atoms with E-state index in [0.717, 1.165) is 19.6 Å². The number of aromatic nitrogens is 1. The Morgan fingerprint density at radius 3 is 2.44 bits per heavy atom. The number of hydrogen-bond acceptors (Lipinski definition) is 5. The van der Waals surface area contributed by atoms with E-state index in [0.29, 0.717) is 35.8 Å². The maximum atomic E-state index is 12.7. The molecule has 1 aromatic carbocycles. The Hall–Kier alpha value is -2.93. The average Bonchev–Trinajstić information content (AvgIpc) is 2.74. The SMILES string of the molecule is CCN1CCN(C(=O)c2cc(C(=O)Nc3ccc(OC)cc3)ccn2)CC1. The van der Waals surface area contributed by atoms with Crippen molar-refractivity contribution in [1.82, 2.24) is 14.8 Å². The Morgan fingerprint density at radius 2 is 1.81 bits per heavy atom. The van der Waals surface area contributed by atoms with Crippen molar-refractivity contribution < 1.29 is 14.3 Å². The van der Waals surface area contributed by atoms with Crippen molar-refractivity contribution in [1.29, 1.82) is 0 Å². The molecule has 1 aliphatic rings. The first-order valence-electron chi connectivity index (χ1n) is 9.04. The lowest BCUT2D eigenvalue weighted by Crippen LogP contribution is -2.48. The normalized spacial score (nSPS) is 14.7. The summed E-state index contributed by atoms with van der Waals surface area (Å²) in [6.07, 6.45) is 1.50. The fourth-order valence-electron chi connectivity index (χ4n) is 3.00. The molecule has 1 aromatic heterocycles. The van der Waals surface area contributed by atoms with Gasteiger partial charge in [0.1, 0.15) is 11.4 Å². The molecule has 1 aliphatic heterocycles. The second kappa shape index (κ2) is 8.64. The van der Waals surface area contributed by atoms with Crippen LogP contribution in [0.4, 0.5) is 5.69 Å². The number of amides is 2. The van der Waals surface area contributed by atoms with Gasteiger partial charge in [-0.25, -0.2) is 0 Å². The van der Waals surface area contributed by atoms with Crippen molar-refractivity contribution >= 4 is 17.5 Å². The van der Waals surface area contributed by atoms with E-state index in [1.165, 1.54) is 6.20 Å². The number of pyridine rings is 1. The Bertz CT molecular complexity index is 799. The van der Waals surface area contributed by atoms with Crippen LogP contribution in [0.15, 0.2) is 42.6 Å². The van der Waals surface area contributed by atoms with E-state index in [4.69, 9.17) is 4.74 Å². The number of rotatable bonds is 5. The number of likely N-dealkylation sites (N-methyl/N-ethyl adjacent to an activating group) is 1. The molecule has 1 saturated heterocycles. The number of carbonyl (C=O) groups excluding carboxylic acids is 2. The van der Waals surface area contributed by atoms with Crippen LogP contribution in [0, 0.1) is 0 Å². The molecule has 2 heterocycles. The maximum Gasteiger partial charge on any atom is 0.272 e. The lowest BCUT2D eigenvalue weighted by atomic mass is 10.2. The summed E-state index contributed by atoms with van der Waals surface area (Å²) in [4.78, 5) is 33.5. The van der Waals surface area contributed by atoms with Crippen molar-refractivity contribution in [2.24, 2.45) is 0 Å². The zero-order chi connectivity index (χ0) is 19.2. The van der Waals surface area contributed by atoms with Crippen molar-refractivity contribution in [3.63, 3.8) is 0 Å². The van der Waals surface area contributed by atoms with Gasteiger partial charge in [-0.2, -0.15) is 0 Å². The van der Waals surface area contributed by atoms with Crippen LogP contribution in [0.25, 0.3) is 0 Å². The fraction of sp³-hybridized carbons (Fsp3) is 0.350. The second-order valence-corrected chi connectivity index (χ2v) is 6.34. The topological polar surface area (TPSA) is 74.8 Å². The fourth-order valence-corrected chi connectivity index (χ4v) is 3.00. The summed E-state index contributed by atoms with van der Waals surface area (Å²) in [5.74, 6) is 0.297. The summed E-state index contributed by atoms with van der Waals surface area (Å²) in [6.45, 7) is 6.18. The Kier molecular flexibility index (Phi) is 6.03. The lowest BCUT2D eigenvalue weighted by Gasteiger charge is -2.33. The number of nitrogens with one attached hydrogen (secondary N) is 1. The van der Waals surface area contributed by atoms with Crippen LogP contribution in [0.1, 0.15) is 27.8 Å². The molecule has 0 atom stereocenters. The predicted octanol–water partition coefficient (Wildman–Crippen LogP) is 2.12. The van der Waals surface area contributed by atoms with Crippen LogP contribution in [-0.2, 0) is 0 Å². The number of piperazine rings is 1. The molecule has 2 amide bonds. The lowest BCUT2D eigenvalue weighted by molar-refractivity contribution is 0.0637. The van der Waals surface area contributed by atoms with Gasteiger partial charge in [-0.05, 0) is 42.9 Å². The molecule has 0 radical (unpaired) electrons. The van der Waals surface area contributed by atoms with Gasteiger partial charge in [0, 0.05) is 43.6 Å². The van der Waals surface area contributed by atoms with Crippen LogP contribution >= 0.6 is 0 Å². The van der Waals surface area contributed by atoms with E-state index < -0.39 is 0 Å². The highest BCUT2D eigenvalue weighted by Crippen LogP contribution is 2.16. The third-order valence-electron chi connectivity index (χ3n) is 4.70. The Morgan fingerprint density at radius 1 is 1.11 bits per heavy atom. The third kappa shape index (κ3) is 4.62. The van der Waals surface area contributed by atoms with Crippen molar-refractivity contribution in [2.45, 2.75) is 6.92 Å². The molecule has 0 aliphatic carbocycles. The summed E-state index contributed by atoms with van der Waals surface area (Å²) < 4.78 is 5.11. The van der Waals surface area contributed by atoms with Gasteiger partial charge < -0.3 is 19.9 Å². The maximum absolute atomic E-state index is 12.7. The molecule has 3 rings (SSSR count). The van der Waals surface area contributed by atoms with Crippen LogP contribution in [0.3, 0.4) is 0 Å². The van der Waals surface area contributed by atoms with Gasteiger partial charge in [0.25, 0.3) is 11.8 Å². The molecule has 7 heteroatoms. The minimum atomic E-state index is -0.285. The van der Waals surface area contributed by atoms with Gasteiger partial charge in [-0.1, -0.05) is 6.92 Å². The first-order chi connectivity index (χ1) is 13.1. The quantitative estimate of drug-likeness (QED) is 0.875. The predicted molar refractivity (Wildman–Crippen MR) is 103 cm³/mol. The zero-order valence-electron chi connectivity index (χ0n) is 15.6. The highest BCUT2D eigenvalue weighted by Gasteiger charge is 2.22. The van der Waals surface area contributed by atoms with E-state index in [9.17, 15) is 9.59 Å². The van der Waals surface area contributed by atoms with Crippen LogP contribution in [0.5, 0.6) is 5.75 Å². The van der Waals surface area contributed by atoms with E-state index in [1.807, 2.05) is 0 Å². The molecule has 7 nitrogen and oxygen atoms in total. The number of anilines is 1. The second-order valence-electron chi connectivity index (χ2n) is 6.34. The molecular weight excluding hydrogens is 344 g/mol. The zero-order valence-corrected chi connectivity index (χ0v) is 15.6. The summed E-state index contributed by atoms with van der Waals surface area (Å²) in [6, 6.07) is 10.2. The smallest absolute Gasteiger partial charge is 0.272 e. The Balaban J connectivity index is 1.67. The third-order valence-corrected chi connectivity index (χ3v) is 4.70. The molecule has 142 valence electrons. The number of hydrogen-bond donors (Lipinski definition) is 1. The number of carbonyl (C=O) groups is 2. The summed E-state index contributed by atoms with van der Waals surface area (Å²) in [5.41, 5.74) is 1.35. The Labute approximate surface area is 158 Å². The van der Waals surface area contributed by atoms with Crippen LogP contribution in [0.2, 0.25) is 0 Å². The largest absolute Gasteiger partial charge is 0.497 e. The average molecular weight is 368 g/mol. The van der Waals surface area contributed by atoms with Gasteiger partial charge in [0.05, 0.1) is 7.11 Å². The first-order valence-corrected chi connectivity index (χ1v) is 9.04. The van der Waals surface area contributed by atoms with Gasteiger partial charge >= 0.3 is 0 Å². The summed E-state index contributed by atoms with van der Waals surface area (Å²) >= 11 is 0. The molecule has 0 spiro atoms. The van der Waals surface area contributed by atoms with E-state index >= 15 is 0 Å². The molecule has 27 heavy (non-hydrogen) atoms. The first kappa shape index (κ1) is 18.8. The molecule has 1 fully saturated rings. The van der Waals surface area contributed by atoms with E-state index in [2.05, 4.69) is 22.1 Å². The van der Waals surface area contributed by atoms with Gasteiger partial charge in [-0.3, -0.25) is 14.6 Å². The minimum absolute atomic E-state index is 0.134. The minimum Gasteiger partial charge on any atom is -0.497 e. The van der Waals surface area contributed by atoms with Gasteiger partial charge in [0.2, 0.25) is 0 Å². The van der Waals surface area contributed by atoms with Crippen molar-refractivity contribution in [2.75, 3.05) is 45.2 Å². The van der Waals surface area contributed by atoms with Crippen molar-refractivity contribution in [3.05, 3.63) is 53.9 Å². The standard InChI is InChI=1S/C20H24N4O3/c1-3-23-10-12-24(13-11-23)20(26)18-14-15(8-9-21-18)19(25)22-16-4-6-17(27-2)7-5-16/h4-9,14H,3,10-13H2,1-2H3,(H,22,25). The van der Waals surface area contributed by atoms with E-state index in [1.54, 1.807) is 48.4 Å². The molecular formula is C20H24N4O3. The molecule has 0 bridgehead atoms. The molecule has 0 saturated carbocycles. The molecule has 0 unspecified atom stereocenters. The molecule has 1 N–H and O–H groups in total. The highest BCUT2D eigenvalue weighted by atomic mass is 16.5. The van der Waals surface area contributed by atoms with Crippen molar-refractivity contribution in [3.8, 4) is 5.75 Å². The number of methoxy groups -OCH3 is 1. The number of nitrogens with zero attached hydrogens (tertiary/aromatic N) is 3. The van der Waals surface area contributed by atoms with Gasteiger partial charge in [-0.15, -0.1) is 0 Å².